The minimum Gasteiger partial charge on any atom is -0.322 e. The smallest absolute Gasteiger partial charge is 0.262 e. The zero-order valence-electron chi connectivity index (χ0n) is 15.4. The maximum Gasteiger partial charge on any atom is 0.262 e. The molecule has 0 saturated heterocycles. The van der Waals surface area contributed by atoms with Gasteiger partial charge in [0, 0.05) is 21.4 Å². The summed E-state index contributed by atoms with van der Waals surface area (Å²) in [5, 5.41) is 2.78. The number of hydrogen-bond acceptors (Lipinski definition) is 3. The molecule has 0 spiro atoms. The van der Waals surface area contributed by atoms with Crippen LogP contribution in [0.3, 0.4) is 0 Å². The Balaban J connectivity index is 1.86. The van der Waals surface area contributed by atoms with Crippen LogP contribution >= 0.6 is 15.9 Å². The van der Waals surface area contributed by atoms with Gasteiger partial charge in [-0.25, -0.2) is 8.42 Å². The molecule has 5 nitrogen and oxygen atoms in total. The molecule has 144 valence electrons. The van der Waals surface area contributed by atoms with Crippen molar-refractivity contribution in [3.05, 3.63) is 87.9 Å². The summed E-state index contributed by atoms with van der Waals surface area (Å²) in [6, 6.07) is 18.8. The maximum atomic E-state index is 12.8. The topological polar surface area (TPSA) is 75.3 Å². The fraction of sp³-hybridized carbons (Fsp3) is 0.0952. The number of aryl methyl sites for hydroxylation is 2. The predicted octanol–water partition coefficient (Wildman–Crippen LogP) is 5.12. The van der Waals surface area contributed by atoms with Crippen LogP contribution in [0.25, 0.3) is 0 Å². The summed E-state index contributed by atoms with van der Waals surface area (Å²) in [4.78, 5) is 12.6. The van der Waals surface area contributed by atoms with Gasteiger partial charge in [-0.2, -0.15) is 0 Å². The van der Waals surface area contributed by atoms with Crippen LogP contribution in [-0.4, -0.2) is 14.3 Å². The van der Waals surface area contributed by atoms with Crippen LogP contribution in [0.2, 0.25) is 0 Å². The van der Waals surface area contributed by atoms with E-state index >= 15 is 0 Å². The van der Waals surface area contributed by atoms with Gasteiger partial charge in [0.25, 0.3) is 15.9 Å². The van der Waals surface area contributed by atoms with Crippen LogP contribution in [0.15, 0.2) is 76.1 Å². The zero-order chi connectivity index (χ0) is 20.3. The van der Waals surface area contributed by atoms with E-state index in [1.807, 2.05) is 19.1 Å². The minimum atomic E-state index is -3.84. The van der Waals surface area contributed by atoms with E-state index in [1.54, 1.807) is 55.5 Å². The third-order valence-corrected chi connectivity index (χ3v) is 6.20. The Hall–Kier alpha value is -2.64. The van der Waals surface area contributed by atoms with Crippen LogP contribution in [-0.2, 0) is 10.0 Å². The molecule has 0 aliphatic carbocycles. The van der Waals surface area contributed by atoms with Crippen LogP contribution < -0.4 is 10.0 Å². The van der Waals surface area contributed by atoms with Gasteiger partial charge in [0.15, 0.2) is 0 Å². The number of halogens is 1. The molecule has 3 aromatic rings. The molecule has 0 fully saturated rings. The summed E-state index contributed by atoms with van der Waals surface area (Å²) in [7, 11) is -3.84. The van der Waals surface area contributed by atoms with Gasteiger partial charge >= 0.3 is 0 Å². The molecule has 2 N–H and O–H groups in total. The minimum absolute atomic E-state index is 0.0620. The number of carbonyl (C=O) groups excluding carboxylic acids is 1. The van der Waals surface area contributed by atoms with Crippen molar-refractivity contribution in [1.82, 2.24) is 0 Å². The number of anilines is 2. The highest BCUT2D eigenvalue weighted by atomic mass is 79.9. The van der Waals surface area contributed by atoms with Gasteiger partial charge in [0.2, 0.25) is 0 Å². The third-order valence-electron chi connectivity index (χ3n) is 4.15. The summed E-state index contributed by atoms with van der Waals surface area (Å²) in [6.07, 6.45) is 0. The van der Waals surface area contributed by atoms with Crippen molar-refractivity contribution < 1.29 is 13.2 Å². The highest BCUT2D eigenvalue weighted by Crippen LogP contribution is 2.23. The van der Waals surface area contributed by atoms with E-state index < -0.39 is 10.0 Å². The Morgan fingerprint density at radius 2 is 1.46 bits per heavy atom. The standard InChI is InChI=1S/C21H19BrN2O3S/c1-14-3-9-18(10-4-14)23-21(25)16-6-5-15(2)20(13-16)28(26,27)24-19-11-7-17(22)8-12-19/h3-13,24H,1-2H3,(H,23,25). The van der Waals surface area contributed by atoms with E-state index in [2.05, 4.69) is 26.0 Å². The summed E-state index contributed by atoms with van der Waals surface area (Å²) in [5.41, 5.74) is 2.99. The second-order valence-electron chi connectivity index (χ2n) is 6.41. The fourth-order valence-electron chi connectivity index (χ4n) is 2.60. The molecule has 0 heterocycles. The van der Waals surface area contributed by atoms with E-state index in [4.69, 9.17) is 0 Å². The van der Waals surface area contributed by atoms with Crippen LogP contribution in [0.4, 0.5) is 11.4 Å². The molecule has 0 aromatic heterocycles. The van der Waals surface area contributed by atoms with Crippen molar-refractivity contribution in [2.45, 2.75) is 18.7 Å². The van der Waals surface area contributed by atoms with Gasteiger partial charge in [0.1, 0.15) is 0 Å². The lowest BCUT2D eigenvalue weighted by Gasteiger charge is -2.12. The van der Waals surface area contributed by atoms with Crippen LogP contribution in [0, 0.1) is 13.8 Å². The Morgan fingerprint density at radius 1 is 0.857 bits per heavy atom. The van der Waals surface area contributed by atoms with E-state index in [1.165, 1.54) is 6.07 Å². The van der Waals surface area contributed by atoms with Crippen molar-refractivity contribution in [3.8, 4) is 0 Å². The number of hydrogen-bond donors (Lipinski definition) is 2. The summed E-state index contributed by atoms with van der Waals surface area (Å²) < 4.78 is 29.0. The Bertz CT molecular complexity index is 1110. The number of rotatable bonds is 5. The molecule has 28 heavy (non-hydrogen) atoms. The Morgan fingerprint density at radius 3 is 2.11 bits per heavy atom. The van der Waals surface area contributed by atoms with Gasteiger partial charge in [-0.05, 0) is 67.9 Å². The molecule has 0 bridgehead atoms. The second kappa shape index (κ2) is 8.16. The number of benzene rings is 3. The normalized spacial score (nSPS) is 11.1. The first-order valence-electron chi connectivity index (χ1n) is 8.52. The van der Waals surface area contributed by atoms with Crippen molar-refractivity contribution in [1.29, 1.82) is 0 Å². The molecule has 0 atom stereocenters. The van der Waals surface area contributed by atoms with Crippen molar-refractivity contribution >= 4 is 43.2 Å². The first-order valence-corrected chi connectivity index (χ1v) is 10.8. The van der Waals surface area contributed by atoms with E-state index in [-0.39, 0.29) is 16.4 Å². The number of sulfonamides is 1. The van der Waals surface area contributed by atoms with Gasteiger partial charge in [0.05, 0.1) is 4.90 Å². The molecular weight excluding hydrogens is 440 g/mol. The highest BCUT2D eigenvalue weighted by Gasteiger charge is 2.19. The Kier molecular flexibility index (Phi) is 5.86. The first kappa shape index (κ1) is 20.1. The molecule has 0 saturated carbocycles. The second-order valence-corrected chi connectivity index (χ2v) is 8.98. The fourth-order valence-corrected chi connectivity index (χ4v) is 4.19. The van der Waals surface area contributed by atoms with Crippen molar-refractivity contribution in [2.24, 2.45) is 0 Å². The van der Waals surface area contributed by atoms with Crippen molar-refractivity contribution in [2.75, 3.05) is 10.0 Å². The SMILES string of the molecule is Cc1ccc(NC(=O)c2ccc(C)c(S(=O)(=O)Nc3ccc(Br)cc3)c2)cc1. The molecular formula is C21H19BrN2O3S. The first-order chi connectivity index (χ1) is 13.2. The van der Waals surface area contributed by atoms with E-state index in [9.17, 15) is 13.2 Å². The van der Waals surface area contributed by atoms with Crippen LogP contribution in [0.5, 0.6) is 0 Å². The summed E-state index contributed by atoms with van der Waals surface area (Å²) in [6.45, 7) is 3.65. The molecule has 0 unspecified atom stereocenters. The molecule has 0 aliphatic rings. The average Bonchev–Trinajstić information content (AvgIpc) is 2.65. The number of carbonyl (C=O) groups is 1. The summed E-state index contributed by atoms with van der Waals surface area (Å²) in [5.74, 6) is -0.371. The van der Waals surface area contributed by atoms with Gasteiger partial charge in [-0.15, -0.1) is 0 Å². The summed E-state index contributed by atoms with van der Waals surface area (Å²) >= 11 is 3.32. The number of nitrogens with one attached hydrogen (secondary N) is 2. The lowest BCUT2D eigenvalue weighted by molar-refractivity contribution is 0.102. The average molecular weight is 459 g/mol. The predicted molar refractivity (Wildman–Crippen MR) is 115 cm³/mol. The lowest BCUT2D eigenvalue weighted by Crippen LogP contribution is -2.17. The van der Waals surface area contributed by atoms with Gasteiger partial charge < -0.3 is 5.32 Å². The third kappa shape index (κ3) is 4.79. The molecule has 3 aromatic carbocycles. The van der Waals surface area contributed by atoms with Gasteiger partial charge in [-0.1, -0.05) is 39.7 Å². The number of amides is 1. The monoisotopic (exact) mass is 458 g/mol. The lowest BCUT2D eigenvalue weighted by atomic mass is 10.1. The van der Waals surface area contributed by atoms with Gasteiger partial charge in [-0.3, -0.25) is 9.52 Å². The molecule has 1 amide bonds. The zero-order valence-corrected chi connectivity index (χ0v) is 17.8. The van der Waals surface area contributed by atoms with E-state index in [0.717, 1.165) is 10.0 Å². The largest absolute Gasteiger partial charge is 0.322 e. The molecule has 3 rings (SSSR count). The van der Waals surface area contributed by atoms with Crippen LogP contribution in [0.1, 0.15) is 21.5 Å². The quantitative estimate of drug-likeness (QED) is 0.556. The molecule has 7 heteroatoms. The van der Waals surface area contributed by atoms with E-state index in [0.29, 0.717) is 16.9 Å². The highest BCUT2D eigenvalue weighted by molar-refractivity contribution is 9.10. The molecule has 0 aliphatic heterocycles. The molecule has 0 radical (unpaired) electrons. The Labute approximate surface area is 173 Å². The van der Waals surface area contributed by atoms with Crippen molar-refractivity contribution in [3.63, 3.8) is 0 Å². The maximum absolute atomic E-state index is 12.8.